The van der Waals surface area contributed by atoms with E-state index in [0.717, 1.165) is 19.4 Å². The summed E-state index contributed by atoms with van der Waals surface area (Å²) in [5.41, 5.74) is 1.36. The predicted molar refractivity (Wildman–Crippen MR) is 78.1 cm³/mol. The van der Waals surface area contributed by atoms with Crippen LogP contribution in [-0.4, -0.2) is 30.6 Å². The van der Waals surface area contributed by atoms with Gasteiger partial charge in [0.05, 0.1) is 30.6 Å². The number of amides is 1. The maximum atomic E-state index is 12.3. The number of nitrogens with zero attached hydrogens (tertiary/aromatic N) is 1. The lowest BCUT2D eigenvalue weighted by atomic mass is 10.1. The Bertz CT molecular complexity index is 619. The Morgan fingerprint density at radius 2 is 2.43 bits per heavy atom. The number of methoxy groups -OCH3 is 1. The zero-order valence-electron chi connectivity index (χ0n) is 11.8. The van der Waals surface area contributed by atoms with E-state index >= 15 is 0 Å². The fourth-order valence-electron chi connectivity index (χ4n) is 2.53. The largest absolute Gasteiger partial charge is 0.496 e. The molecule has 0 aliphatic carbocycles. The van der Waals surface area contributed by atoms with Gasteiger partial charge in [-0.25, -0.2) is 4.98 Å². The molecule has 1 aliphatic rings. The highest BCUT2D eigenvalue weighted by atomic mass is 16.5. The predicted octanol–water partition coefficient (Wildman–Crippen LogP) is 2.04. The van der Waals surface area contributed by atoms with Gasteiger partial charge in [-0.2, -0.15) is 0 Å². The van der Waals surface area contributed by atoms with Gasteiger partial charge in [-0.15, -0.1) is 0 Å². The van der Waals surface area contributed by atoms with Crippen molar-refractivity contribution < 1.29 is 13.9 Å². The maximum absolute atomic E-state index is 12.3. The molecule has 1 saturated heterocycles. The lowest BCUT2D eigenvalue weighted by Gasteiger charge is -2.15. The van der Waals surface area contributed by atoms with Gasteiger partial charge in [0.25, 0.3) is 0 Å². The summed E-state index contributed by atoms with van der Waals surface area (Å²) in [7, 11) is 1.58. The first-order valence-corrected chi connectivity index (χ1v) is 6.89. The fourth-order valence-corrected chi connectivity index (χ4v) is 2.53. The second kappa shape index (κ2) is 5.97. The first kappa shape index (κ1) is 13.6. The van der Waals surface area contributed by atoms with Gasteiger partial charge >= 0.3 is 0 Å². The summed E-state index contributed by atoms with van der Waals surface area (Å²) in [6.07, 6.45) is 4.83. The molecule has 21 heavy (non-hydrogen) atoms. The summed E-state index contributed by atoms with van der Waals surface area (Å²) in [4.78, 5) is 16.2. The average Bonchev–Trinajstić information content (AvgIpc) is 3.20. The van der Waals surface area contributed by atoms with E-state index in [1.807, 2.05) is 18.2 Å². The van der Waals surface area contributed by atoms with Gasteiger partial charge in [-0.05, 0) is 31.5 Å². The van der Waals surface area contributed by atoms with Gasteiger partial charge in [0.15, 0.2) is 12.2 Å². The molecule has 110 valence electrons. The molecule has 1 unspecified atom stereocenters. The molecule has 1 aliphatic heterocycles. The van der Waals surface area contributed by atoms with E-state index in [9.17, 15) is 4.79 Å². The van der Waals surface area contributed by atoms with Crippen LogP contribution in [0.3, 0.4) is 0 Å². The van der Waals surface area contributed by atoms with Crippen molar-refractivity contribution in [2.45, 2.75) is 18.9 Å². The van der Waals surface area contributed by atoms with E-state index in [0.29, 0.717) is 22.8 Å². The molecule has 1 amide bonds. The standard InChI is InChI=1S/C15H17N3O3/c1-20-12-6-2-4-10(14(12)13-8-16-9-21-13)18-15(19)11-5-3-7-17-11/h2,4,6,8-9,11,17H,3,5,7H2,1H3,(H,18,19). The SMILES string of the molecule is COc1cccc(NC(=O)C2CCCN2)c1-c1cnco1. The number of oxazole rings is 1. The van der Waals surface area contributed by atoms with E-state index in [2.05, 4.69) is 15.6 Å². The number of nitrogens with one attached hydrogen (secondary N) is 2. The highest BCUT2D eigenvalue weighted by Gasteiger charge is 2.24. The number of benzene rings is 1. The summed E-state index contributed by atoms with van der Waals surface area (Å²) in [6.45, 7) is 0.880. The number of aromatic nitrogens is 1. The third-order valence-corrected chi connectivity index (χ3v) is 3.56. The van der Waals surface area contributed by atoms with E-state index in [-0.39, 0.29) is 11.9 Å². The summed E-state index contributed by atoms with van der Waals surface area (Å²) >= 11 is 0. The summed E-state index contributed by atoms with van der Waals surface area (Å²) < 4.78 is 10.7. The van der Waals surface area contributed by atoms with Crippen molar-refractivity contribution in [2.24, 2.45) is 0 Å². The molecular weight excluding hydrogens is 270 g/mol. The van der Waals surface area contributed by atoms with Gasteiger partial charge in [0, 0.05) is 0 Å². The zero-order valence-corrected chi connectivity index (χ0v) is 11.8. The first-order chi connectivity index (χ1) is 10.3. The smallest absolute Gasteiger partial charge is 0.241 e. The summed E-state index contributed by atoms with van der Waals surface area (Å²) in [6, 6.07) is 5.34. The lowest BCUT2D eigenvalue weighted by Crippen LogP contribution is -2.35. The zero-order chi connectivity index (χ0) is 14.7. The van der Waals surface area contributed by atoms with Gasteiger partial charge in [0.1, 0.15) is 5.75 Å². The normalized spacial score (nSPS) is 17.7. The number of anilines is 1. The molecule has 1 aromatic heterocycles. The van der Waals surface area contributed by atoms with Gasteiger partial charge in [-0.3, -0.25) is 4.79 Å². The Kier molecular flexibility index (Phi) is 3.87. The highest BCUT2D eigenvalue weighted by molar-refractivity contribution is 5.99. The number of rotatable bonds is 4. The third kappa shape index (κ3) is 2.75. The number of hydrogen-bond donors (Lipinski definition) is 2. The van der Waals surface area contributed by atoms with Gasteiger partial charge < -0.3 is 19.8 Å². The van der Waals surface area contributed by atoms with Crippen LogP contribution in [0.15, 0.2) is 35.2 Å². The highest BCUT2D eigenvalue weighted by Crippen LogP contribution is 2.36. The van der Waals surface area contributed by atoms with Crippen LogP contribution in [0.1, 0.15) is 12.8 Å². The minimum Gasteiger partial charge on any atom is -0.496 e. The molecule has 6 nitrogen and oxygen atoms in total. The van der Waals surface area contributed by atoms with E-state index < -0.39 is 0 Å². The Hall–Kier alpha value is -2.34. The van der Waals surface area contributed by atoms with Crippen LogP contribution in [-0.2, 0) is 4.79 Å². The molecule has 0 radical (unpaired) electrons. The molecule has 1 atom stereocenters. The topological polar surface area (TPSA) is 76.4 Å². The van der Waals surface area contributed by atoms with Crippen LogP contribution in [0.25, 0.3) is 11.3 Å². The van der Waals surface area contributed by atoms with Crippen molar-refractivity contribution in [1.82, 2.24) is 10.3 Å². The summed E-state index contributed by atoms with van der Waals surface area (Å²) in [5, 5.41) is 6.13. The van der Waals surface area contributed by atoms with Crippen LogP contribution >= 0.6 is 0 Å². The number of carbonyl (C=O) groups is 1. The monoisotopic (exact) mass is 287 g/mol. The van der Waals surface area contributed by atoms with Crippen molar-refractivity contribution in [3.8, 4) is 17.1 Å². The van der Waals surface area contributed by atoms with Crippen molar-refractivity contribution in [3.05, 3.63) is 30.8 Å². The molecule has 0 spiro atoms. The third-order valence-electron chi connectivity index (χ3n) is 3.56. The number of carbonyl (C=O) groups excluding carboxylic acids is 1. The maximum Gasteiger partial charge on any atom is 0.241 e. The van der Waals surface area contributed by atoms with E-state index in [1.54, 1.807) is 13.3 Å². The Morgan fingerprint density at radius 1 is 1.52 bits per heavy atom. The number of ether oxygens (including phenoxy) is 1. The molecule has 1 aromatic carbocycles. The second-order valence-corrected chi connectivity index (χ2v) is 4.89. The van der Waals surface area contributed by atoms with E-state index in [4.69, 9.17) is 9.15 Å². The fraction of sp³-hybridized carbons (Fsp3) is 0.333. The molecule has 6 heteroatoms. The van der Waals surface area contributed by atoms with Crippen LogP contribution < -0.4 is 15.4 Å². The van der Waals surface area contributed by atoms with Crippen molar-refractivity contribution in [2.75, 3.05) is 19.0 Å². The van der Waals surface area contributed by atoms with E-state index in [1.165, 1.54) is 6.39 Å². The second-order valence-electron chi connectivity index (χ2n) is 4.89. The van der Waals surface area contributed by atoms with Crippen LogP contribution in [0.2, 0.25) is 0 Å². The Morgan fingerprint density at radius 3 is 3.10 bits per heavy atom. The van der Waals surface area contributed by atoms with Crippen LogP contribution in [0, 0.1) is 0 Å². The van der Waals surface area contributed by atoms with Crippen molar-refractivity contribution in [3.63, 3.8) is 0 Å². The summed E-state index contributed by atoms with van der Waals surface area (Å²) in [5.74, 6) is 1.15. The molecule has 3 rings (SSSR count). The van der Waals surface area contributed by atoms with Crippen LogP contribution in [0.5, 0.6) is 5.75 Å². The molecule has 2 aromatic rings. The molecule has 0 saturated carbocycles. The quantitative estimate of drug-likeness (QED) is 0.900. The van der Waals surface area contributed by atoms with Crippen molar-refractivity contribution in [1.29, 1.82) is 0 Å². The van der Waals surface area contributed by atoms with Gasteiger partial charge in [0.2, 0.25) is 5.91 Å². The van der Waals surface area contributed by atoms with Crippen molar-refractivity contribution >= 4 is 11.6 Å². The molecule has 2 N–H and O–H groups in total. The average molecular weight is 287 g/mol. The van der Waals surface area contributed by atoms with Crippen LogP contribution in [0.4, 0.5) is 5.69 Å². The lowest BCUT2D eigenvalue weighted by molar-refractivity contribution is -0.117. The Balaban J connectivity index is 1.92. The first-order valence-electron chi connectivity index (χ1n) is 6.89. The molecular formula is C15H17N3O3. The molecule has 1 fully saturated rings. The minimum absolute atomic E-state index is 0.0403. The minimum atomic E-state index is -0.140. The number of hydrogen-bond acceptors (Lipinski definition) is 5. The van der Waals surface area contributed by atoms with Gasteiger partial charge in [-0.1, -0.05) is 6.07 Å². The molecule has 0 bridgehead atoms. The molecule has 2 heterocycles. The Labute approximate surface area is 122 Å².